The van der Waals surface area contributed by atoms with Crippen molar-refractivity contribution < 1.29 is 4.79 Å². The quantitative estimate of drug-likeness (QED) is 0.776. The second-order valence-electron chi connectivity index (χ2n) is 4.45. The molecule has 1 aromatic rings. The van der Waals surface area contributed by atoms with Gasteiger partial charge in [-0.1, -0.05) is 6.07 Å². The molecule has 0 fully saturated rings. The van der Waals surface area contributed by atoms with Gasteiger partial charge in [-0.2, -0.15) is 0 Å². The van der Waals surface area contributed by atoms with Gasteiger partial charge in [0.15, 0.2) is 0 Å². The van der Waals surface area contributed by atoms with Crippen LogP contribution in [0.15, 0.2) is 30.5 Å². The molecule has 0 saturated carbocycles. The van der Waals surface area contributed by atoms with Crippen LogP contribution < -0.4 is 5.32 Å². The monoisotopic (exact) mass is 247 g/mol. The van der Waals surface area contributed by atoms with E-state index in [0.717, 1.165) is 12.2 Å². The molecular weight excluding hydrogens is 226 g/mol. The molecule has 1 aromatic heterocycles. The molecule has 1 heterocycles. The van der Waals surface area contributed by atoms with Gasteiger partial charge in [-0.25, -0.2) is 0 Å². The van der Waals surface area contributed by atoms with Crippen molar-refractivity contribution >= 4 is 12.0 Å². The number of nitrogens with zero attached hydrogens (tertiary/aromatic N) is 2. The first-order valence-electron chi connectivity index (χ1n) is 6.17. The summed E-state index contributed by atoms with van der Waals surface area (Å²) in [6, 6.07) is 6.09. The smallest absolute Gasteiger partial charge is 0.244 e. The zero-order valence-electron chi connectivity index (χ0n) is 11.3. The zero-order valence-corrected chi connectivity index (χ0v) is 11.3. The van der Waals surface area contributed by atoms with E-state index in [9.17, 15) is 4.79 Å². The van der Waals surface area contributed by atoms with Crippen molar-refractivity contribution in [2.75, 3.05) is 20.1 Å². The van der Waals surface area contributed by atoms with E-state index in [0.29, 0.717) is 12.6 Å². The van der Waals surface area contributed by atoms with Crippen molar-refractivity contribution in [3.8, 4) is 0 Å². The van der Waals surface area contributed by atoms with Crippen LogP contribution in [0.3, 0.4) is 0 Å². The molecule has 0 aliphatic rings. The Balaban J connectivity index is 2.28. The number of aromatic nitrogens is 1. The van der Waals surface area contributed by atoms with Gasteiger partial charge >= 0.3 is 0 Å². The van der Waals surface area contributed by atoms with Crippen LogP contribution in [0.2, 0.25) is 0 Å². The largest absolute Gasteiger partial charge is 0.351 e. The minimum Gasteiger partial charge on any atom is -0.351 e. The standard InChI is InChI=1S/C14H21N3O/c1-12(2)17(3)11-10-16-14(18)8-7-13-6-4-5-9-15-13/h4-9,12H,10-11H2,1-3H3,(H,16,18). The van der Waals surface area contributed by atoms with Crippen molar-refractivity contribution in [1.82, 2.24) is 15.2 Å². The number of hydrogen-bond donors (Lipinski definition) is 1. The van der Waals surface area contributed by atoms with Crippen LogP contribution >= 0.6 is 0 Å². The molecule has 0 aliphatic carbocycles. The summed E-state index contributed by atoms with van der Waals surface area (Å²) in [4.78, 5) is 17.8. The second-order valence-corrected chi connectivity index (χ2v) is 4.45. The average molecular weight is 247 g/mol. The molecule has 4 nitrogen and oxygen atoms in total. The maximum Gasteiger partial charge on any atom is 0.244 e. The first kappa shape index (κ1) is 14.4. The lowest BCUT2D eigenvalue weighted by Crippen LogP contribution is -2.35. The van der Waals surface area contributed by atoms with E-state index in [2.05, 4.69) is 29.0 Å². The van der Waals surface area contributed by atoms with E-state index in [4.69, 9.17) is 0 Å². The van der Waals surface area contributed by atoms with E-state index in [1.54, 1.807) is 12.3 Å². The summed E-state index contributed by atoms with van der Waals surface area (Å²) in [5.74, 6) is -0.0854. The average Bonchev–Trinajstić information content (AvgIpc) is 2.37. The van der Waals surface area contributed by atoms with Crippen LogP contribution in [0.4, 0.5) is 0 Å². The van der Waals surface area contributed by atoms with Gasteiger partial charge in [0.05, 0.1) is 5.69 Å². The van der Waals surface area contributed by atoms with E-state index >= 15 is 0 Å². The molecular formula is C14H21N3O. The minimum absolute atomic E-state index is 0.0854. The number of likely N-dealkylation sites (N-methyl/N-ethyl adjacent to an activating group) is 1. The van der Waals surface area contributed by atoms with Crippen LogP contribution in [-0.2, 0) is 4.79 Å². The summed E-state index contributed by atoms with van der Waals surface area (Å²) in [6.07, 6.45) is 4.92. The Labute approximate surface area is 109 Å². The van der Waals surface area contributed by atoms with Crippen LogP contribution in [0.1, 0.15) is 19.5 Å². The van der Waals surface area contributed by atoms with Crippen molar-refractivity contribution in [3.05, 3.63) is 36.2 Å². The van der Waals surface area contributed by atoms with Crippen molar-refractivity contribution in [2.24, 2.45) is 0 Å². The summed E-state index contributed by atoms with van der Waals surface area (Å²) in [5, 5.41) is 2.84. The third-order valence-electron chi connectivity index (χ3n) is 2.74. The molecule has 98 valence electrons. The number of amides is 1. The summed E-state index contributed by atoms with van der Waals surface area (Å²) in [6.45, 7) is 5.76. The molecule has 0 unspecified atom stereocenters. The fourth-order valence-corrected chi connectivity index (χ4v) is 1.31. The molecule has 1 amide bonds. The lowest BCUT2D eigenvalue weighted by Gasteiger charge is -2.20. The molecule has 0 spiro atoms. The predicted octanol–water partition coefficient (Wildman–Crippen LogP) is 1.55. The first-order chi connectivity index (χ1) is 8.59. The molecule has 0 saturated heterocycles. The van der Waals surface area contributed by atoms with Gasteiger partial charge in [-0.05, 0) is 39.1 Å². The Hall–Kier alpha value is -1.68. The first-order valence-corrected chi connectivity index (χ1v) is 6.17. The van der Waals surface area contributed by atoms with Gasteiger partial charge in [0.1, 0.15) is 0 Å². The van der Waals surface area contributed by atoms with Crippen molar-refractivity contribution in [1.29, 1.82) is 0 Å². The van der Waals surface area contributed by atoms with Crippen LogP contribution in [-0.4, -0.2) is 42.0 Å². The van der Waals surface area contributed by atoms with Gasteiger partial charge in [-0.15, -0.1) is 0 Å². The highest BCUT2D eigenvalue weighted by atomic mass is 16.1. The van der Waals surface area contributed by atoms with E-state index < -0.39 is 0 Å². The second kappa shape index (κ2) is 7.61. The van der Waals surface area contributed by atoms with E-state index in [1.807, 2.05) is 25.2 Å². The molecule has 0 bridgehead atoms. The molecule has 18 heavy (non-hydrogen) atoms. The maximum atomic E-state index is 11.5. The van der Waals surface area contributed by atoms with Gasteiger partial charge < -0.3 is 10.2 Å². The molecule has 1 rings (SSSR count). The molecule has 0 atom stereocenters. The lowest BCUT2D eigenvalue weighted by molar-refractivity contribution is -0.116. The topological polar surface area (TPSA) is 45.2 Å². The Morgan fingerprint density at radius 1 is 1.50 bits per heavy atom. The highest BCUT2D eigenvalue weighted by Gasteiger charge is 2.02. The van der Waals surface area contributed by atoms with Crippen molar-refractivity contribution in [2.45, 2.75) is 19.9 Å². The normalized spacial score (nSPS) is 11.4. The molecule has 0 aromatic carbocycles. The molecule has 0 radical (unpaired) electrons. The fourth-order valence-electron chi connectivity index (χ4n) is 1.31. The van der Waals surface area contributed by atoms with Gasteiger partial charge in [0.2, 0.25) is 5.91 Å². The highest BCUT2D eigenvalue weighted by Crippen LogP contribution is 1.95. The molecule has 1 N–H and O–H groups in total. The Bertz CT molecular complexity index is 387. The minimum atomic E-state index is -0.0854. The third kappa shape index (κ3) is 5.59. The molecule has 0 aliphatic heterocycles. The highest BCUT2D eigenvalue weighted by molar-refractivity contribution is 5.91. The maximum absolute atomic E-state index is 11.5. The fraction of sp³-hybridized carbons (Fsp3) is 0.429. The number of carbonyl (C=O) groups excluding carboxylic acids is 1. The molecule has 4 heteroatoms. The van der Waals surface area contributed by atoms with Crippen LogP contribution in [0.5, 0.6) is 0 Å². The van der Waals surface area contributed by atoms with Gasteiger partial charge in [-0.3, -0.25) is 9.78 Å². The predicted molar refractivity (Wildman–Crippen MR) is 74.0 cm³/mol. The summed E-state index contributed by atoms with van der Waals surface area (Å²) in [7, 11) is 2.04. The number of carbonyl (C=O) groups is 1. The number of pyridine rings is 1. The summed E-state index contributed by atoms with van der Waals surface area (Å²) < 4.78 is 0. The zero-order chi connectivity index (χ0) is 13.4. The third-order valence-corrected chi connectivity index (χ3v) is 2.74. The van der Waals surface area contributed by atoms with Gasteiger partial charge in [0, 0.05) is 31.4 Å². The summed E-state index contributed by atoms with van der Waals surface area (Å²) in [5.41, 5.74) is 0.784. The Morgan fingerprint density at radius 3 is 2.89 bits per heavy atom. The lowest BCUT2D eigenvalue weighted by atomic mass is 10.3. The number of nitrogens with one attached hydrogen (secondary N) is 1. The van der Waals surface area contributed by atoms with Crippen LogP contribution in [0.25, 0.3) is 6.08 Å². The summed E-state index contributed by atoms with van der Waals surface area (Å²) >= 11 is 0. The Morgan fingerprint density at radius 2 is 2.28 bits per heavy atom. The van der Waals surface area contributed by atoms with E-state index in [1.165, 1.54) is 6.08 Å². The van der Waals surface area contributed by atoms with Crippen LogP contribution in [0, 0.1) is 0 Å². The Kier molecular flexibility index (Phi) is 6.08. The SMILES string of the molecule is CC(C)N(C)CCNC(=O)C=Cc1ccccn1. The van der Waals surface area contributed by atoms with Gasteiger partial charge in [0.25, 0.3) is 0 Å². The number of hydrogen-bond acceptors (Lipinski definition) is 3. The van der Waals surface area contributed by atoms with Crippen molar-refractivity contribution in [3.63, 3.8) is 0 Å². The van der Waals surface area contributed by atoms with E-state index in [-0.39, 0.29) is 5.91 Å². The number of rotatable bonds is 6.